The van der Waals surface area contributed by atoms with Gasteiger partial charge < -0.3 is 9.22 Å². The second-order valence-corrected chi connectivity index (χ2v) is 13.8. The maximum Gasteiger partial charge on any atom is 0.261 e. The van der Waals surface area contributed by atoms with Crippen LogP contribution in [0.5, 0.6) is 0 Å². The minimum Gasteiger partial charge on any atom is -0.404 e. The number of benzene rings is 2. The molecule has 2 aromatic carbocycles. The molecule has 2 aliphatic rings. The molecule has 2 fully saturated rings. The number of fused-ring (bicyclic) bond motifs is 1. The molecule has 0 aromatic heterocycles. The van der Waals surface area contributed by atoms with E-state index >= 15 is 0 Å². The molecule has 0 aliphatic heterocycles. The first-order valence-corrected chi connectivity index (χ1v) is 12.0. The standard InChI is InChI=1S/C24H30O2Si/c1-18-21-15-24(21,17-25)16-22(18)26-27(23(2,3)4,19-11-7-5-8-12-19)20-13-9-6-10-14-20/h5-14,17-18,21-22H,15-16H2,1-4H3/t18-,21+,22+,24-/m0/s1. The van der Waals surface area contributed by atoms with Crippen LogP contribution in [0.2, 0.25) is 5.04 Å². The van der Waals surface area contributed by atoms with Gasteiger partial charge in [0.15, 0.2) is 0 Å². The van der Waals surface area contributed by atoms with Crippen LogP contribution >= 0.6 is 0 Å². The van der Waals surface area contributed by atoms with Crippen LogP contribution in [0.25, 0.3) is 0 Å². The third-order valence-corrected chi connectivity index (χ3v) is 12.0. The zero-order valence-corrected chi connectivity index (χ0v) is 17.8. The topological polar surface area (TPSA) is 26.3 Å². The molecule has 4 atom stereocenters. The van der Waals surface area contributed by atoms with Crippen molar-refractivity contribution in [3.05, 3.63) is 60.7 Å². The van der Waals surface area contributed by atoms with E-state index in [2.05, 4.69) is 88.4 Å². The first-order valence-electron chi connectivity index (χ1n) is 10.1. The Morgan fingerprint density at radius 3 is 1.89 bits per heavy atom. The lowest BCUT2D eigenvalue weighted by atomic mass is 10.0. The van der Waals surface area contributed by atoms with Gasteiger partial charge in [-0.3, -0.25) is 0 Å². The predicted octanol–water partition coefficient (Wildman–Crippen LogP) is 4.18. The van der Waals surface area contributed by atoms with Gasteiger partial charge in [-0.2, -0.15) is 0 Å². The van der Waals surface area contributed by atoms with Gasteiger partial charge in [-0.15, -0.1) is 0 Å². The van der Waals surface area contributed by atoms with Gasteiger partial charge in [-0.1, -0.05) is 88.4 Å². The average Bonchev–Trinajstić information content (AvgIpc) is 3.33. The Bertz CT molecular complexity index is 772. The minimum absolute atomic E-state index is 0.0173. The maximum absolute atomic E-state index is 11.7. The summed E-state index contributed by atoms with van der Waals surface area (Å²) in [6.45, 7) is 9.23. The molecule has 3 heteroatoms. The molecule has 2 aliphatic carbocycles. The van der Waals surface area contributed by atoms with Crippen molar-refractivity contribution >= 4 is 25.0 Å². The second-order valence-electron chi connectivity index (χ2n) is 9.54. The van der Waals surface area contributed by atoms with Gasteiger partial charge in [-0.25, -0.2) is 0 Å². The average molecular weight is 379 g/mol. The van der Waals surface area contributed by atoms with Crippen molar-refractivity contribution in [2.24, 2.45) is 17.3 Å². The van der Waals surface area contributed by atoms with E-state index in [0.29, 0.717) is 11.8 Å². The molecular formula is C24H30O2Si. The molecule has 0 bridgehead atoms. The Morgan fingerprint density at radius 1 is 0.963 bits per heavy atom. The molecule has 4 rings (SSSR count). The lowest BCUT2D eigenvalue weighted by molar-refractivity contribution is -0.112. The first-order chi connectivity index (χ1) is 12.8. The van der Waals surface area contributed by atoms with Crippen LogP contribution in [0.3, 0.4) is 0 Å². The van der Waals surface area contributed by atoms with E-state index < -0.39 is 8.32 Å². The molecule has 2 aromatic rings. The lowest BCUT2D eigenvalue weighted by Gasteiger charge is -2.45. The Morgan fingerprint density at radius 2 is 1.48 bits per heavy atom. The van der Waals surface area contributed by atoms with Crippen molar-refractivity contribution < 1.29 is 9.22 Å². The monoisotopic (exact) mass is 378 g/mol. The van der Waals surface area contributed by atoms with Crippen LogP contribution in [-0.4, -0.2) is 20.7 Å². The maximum atomic E-state index is 11.7. The normalized spacial score (nSPS) is 30.0. The highest BCUT2D eigenvalue weighted by molar-refractivity contribution is 6.99. The van der Waals surface area contributed by atoms with Gasteiger partial charge in [0.1, 0.15) is 6.29 Å². The predicted molar refractivity (Wildman–Crippen MR) is 113 cm³/mol. The summed E-state index contributed by atoms with van der Waals surface area (Å²) in [6, 6.07) is 21.6. The van der Waals surface area contributed by atoms with Gasteiger partial charge in [-0.05, 0) is 40.1 Å². The number of hydrogen-bond donors (Lipinski definition) is 0. The van der Waals surface area contributed by atoms with Crippen molar-refractivity contribution in [2.75, 3.05) is 0 Å². The summed E-state index contributed by atoms with van der Waals surface area (Å²) in [5.74, 6) is 0.954. The summed E-state index contributed by atoms with van der Waals surface area (Å²) < 4.78 is 7.26. The number of aldehydes is 1. The lowest BCUT2D eigenvalue weighted by Crippen LogP contribution is -2.68. The summed E-state index contributed by atoms with van der Waals surface area (Å²) >= 11 is 0. The summed E-state index contributed by atoms with van der Waals surface area (Å²) in [5, 5.41) is 2.62. The Kier molecular flexibility index (Phi) is 4.43. The Balaban J connectivity index is 1.82. The zero-order valence-electron chi connectivity index (χ0n) is 16.8. The fourth-order valence-corrected chi connectivity index (χ4v) is 10.1. The Hall–Kier alpha value is -1.71. The third-order valence-electron chi connectivity index (χ3n) is 6.96. The highest BCUT2D eigenvalue weighted by atomic mass is 28.4. The van der Waals surface area contributed by atoms with Crippen LogP contribution in [-0.2, 0) is 9.22 Å². The van der Waals surface area contributed by atoms with Crippen molar-refractivity contribution in [3.63, 3.8) is 0 Å². The smallest absolute Gasteiger partial charge is 0.261 e. The van der Waals surface area contributed by atoms with E-state index in [1.54, 1.807) is 0 Å². The van der Waals surface area contributed by atoms with Crippen LogP contribution in [0.1, 0.15) is 40.5 Å². The van der Waals surface area contributed by atoms with Crippen molar-refractivity contribution in [1.82, 2.24) is 0 Å². The van der Waals surface area contributed by atoms with E-state index in [0.717, 1.165) is 12.8 Å². The molecule has 0 unspecified atom stereocenters. The van der Waals surface area contributed by atoms with Crippen LogP contribution in [0.4, 0.5) is 0 Å². The quantitative estimate of drug-likeness (QED) is 0.576. The third kappa shape index (κ3) is 2.83. The van der Waals surface area contributed by atoms with Crippen LogP contribution in [0, 0.1) is 17.3 Å². The SMILES string of the molecule is C[C@H]1[C@H]2C[C@@]2(C=O)C[C@H]1O[Si](c1ccccc1)(c1ccccc1)C(C)(C)C. The van der Waals surface area contributed by atoms with E-state index in [9.17, 15) is 4.79 Å². The van der Waals surface area contributed by atoms with Crippen molar-refractivity contribution in [3.8, 4) is 0 Å². The van der Waals surface area contributed by atoms with Gasteiger partial charge in [0.2, 0.25) is 0 Å². The highest BCUT2D eigenvalue weighted by Crippen LogP contribution is 2.65. The van der Waals surface area contributed by atoms with Gasteiger partial charge >= 0.3 is 0 Å². The highest BCUT2D eigenvalue weighted by Gasteiger charge is 2.66. The largest absolute Gasteiger partial charge is 0.404 e. The van der Waals surface area contributed by atoms with Gasteiger partial charge in [0, 0.05) is 11.5 Å². The Labute approximate surface area is 164 Å². The molecule has 0 saturated heterocycles. The minimum atomic E-state index is -2.53. The van der Waals surface area contributed by atoms with Gasteiger partial charge in [0.05, 0.1) is 0 Å². The zero-order chi connectivity index (χ0) is 19.3. The number of hydrogen-bond acceptors (Lipinski definition) is 2. The molecule has 142 valence electrons. The van der Waals surface area contributed by atoms with Crippen molar-refractivity contribution in [1.29, 1.82) is 0 Å². The molecule has 0 N–H and O–H groups in total. The molecule has 0 amide bonds. The molecule has 0 spiro atoms. The second kappa shape index (κ2) is 6.42. The molecule has 2 nitrogen and oxygen atoms in total. The summed E-state index contributed by atoms with van der Waals surface area (Å²) in [4.78, 5) is 11.7. The summed E-state index contributed by atoms with van der Waals surface area (Å²) in [7, 11) is -2.53. The molecule has 2 saturated carbocycles. The summed E-state index contributed by atoms with van der Waals surface area (Å²) in [5.41, 5.74) is -0.102. The number of rotatable bonds is 5. The summed E-state index contributed by atoms with van der Waals surface area (Å²) in [6.07, 6.45) is 3.30. The van der Waals surface area contributed by atoms with E-state index in [4.69, 9.17) is 4.43 Å². The number of carbonyl (C=O) groups excluding carboxylic acids is 1. The first kappa shape index (κ1) is 18.6. The van der Waals surface area contributed by atoms with E-state index in [1.165, 1.54) is 16.7 Å². The fraction of sp³-hybridized carbons (Fsp3) is 0.458. The van der Waals surface area contributed by atoms with E-state index in [-0.39, 0.29) is 16.6 Å². The molecule has 0 radical (unpaired) electrons. The molecule has 0 heterocycles. The molecular weight excluding hydrogens is 348 g/mol. The van der Waals surface area contributed by atoms with Gasteiger partial charge in [0.25, 0.3) is 8.32 Å². The number of carbonyl (C=O) groups is 1. The van der Waals surface area contributed by atoms with E-state index in [1.807, 2.05) is 0 Å². The fourth-order valence-electron chi connectivity index (χ4n) is 5.37. The van der Waals surface area contributed by atoms with Crippen molar-refractivity contribution in [2.45, 2.75) is 51.7 Å². The molecule has 27 heavy (non-hydrogen) atoms. The van der Waals surface area contributed by atoms with Crippen LogP contribution < -0.4 is 10.4 Å². The van der Waals surface area contributed by atoms with Crippen LogP contribution in [0.15, 0.2) is 60.7 Å².